The quantitative estimate of drug-likeness (QED) is 0.352. The zero-order valence-electron chi connectivity index (χ0n) is 17.6. The predicted molar refractivity (Wildman–Crippen MR) is 135 cm³/mol. The first kappa shape index (κ1) is 31.9. The van der Waals surface area contributed by atoms with Crippen LogP contribution in [0.1, 0.15) is 43.2 Å². The Labute approximate surface area is 245 Å². The zero-order chi connectivity index (χ0) is 23.2. The van der Waals surface area contributed by atoms with Crippen LogP contribution in [-0.2, 0) is 25.7 Å². The molecular weight excluding hydrogens is 502 g/mol. The van der Waals surface area contributed by atoms with Crippen molar-refractivity contribution < 1.29 is 35.4 Å². The van der Waals surface area contributed by atoms with Gasteiger partial charge in [-0.25, -0.2) is 0 Å². The van der Waals surface area contributed by atoms with Crippen molar-refractivity contribution in [3.63, 3.8) is 0 Å². The van der Waals surface area contributed by atoms with Crippen LogP contribution in [0.15, 0.2) is 48.5 Å². The first-order valence-corrected chi connectivity index (χ1v) is 13.7. The second kappa shape index (κ2) is 14.0. The second-order valence-corrected chi connectivity index (χ2v) is 11.1. The Morgan fingerprint density at radius 1 is 0.647 bits per heavy atom. The van der Waals surface area contributed by atoms with Gasteiger partial charge in [0.1, 0.15) is 36.2 Å². The summed E-state index contributed by atoms with van der Waals surface area (Å²) in [4.78, 5) is 0. The summed E-state index contributed by atoms with van der Waals surface area (Å²) in [5.74, 6) is 0.145. The van der Waals surface area contributed by atoms with E-state index in [4.69, 9.17) is 18.6 Å². The molecule has 1 fully saturated rings. The molecule has 180 valence electrons. The molecule has 1 saturated carbocycles. The van der Waals surface area contributed by atoms with E-state index >= 15 is 0 Å². The van der Waals surface area contributed by atoms with E-state index in [-0.39, 0.29) is 77.7 Å². The van der Waals surface area contributed by atoms with Crippen LogP contribution in [0.4, 0.5) is 0 Å². The van der Waals surface area contributed by atoms with Gasteiger partial charge in [0.15, 0.2) is 0 Å². The summed E-state index contributed by atoms with van der Waals surface area (Å²) >= 11 is 0. The van der Waals surface area contributed by atoms with Gasteiger partial charge < -0.3 is 9.47 Å². The SMILES string of the molecule is O=S(=O)(O)CCOc1ccc(C2(c3ccc(OCCS(=O)(=O)O)cc3)CCCCC2)cc1.[NaH].[NaH]. The standard InChI is InChI=1S/C22H28O8S2.2Na.2H/c23-31(24,25)16-14-29-20-8-4-18(5-9-20)22(12-2-1-3-13-22)19-6-10-21(11-7-19)30-15-17-32(26,27)28;;;;/h4-11H,1-3,12-17H2,(H,23,24,25)(H,26,27,28);;;;. The number of rotatable bonds is 10. The minimum absolute atomic E-state index is 0. The minimum atomic E-state index is -4.06. The summed E-state index contributed by atoms with van der Waals surface area (Å²) in [5.41, 5.74) is 2.11. The molecule has 1 aliphatic carbocycles. The number of hydrogen-bond acceptors (Lipinski definition) is 6. The van der Waals surface area contributed by atoms with Gasteiger partial charge in [-0.2, -0.15) is 16.8 Å². The van der Waals surface area contributed by atoms with Crippen molar-refractivity contribution in [2.75, 3.05) is 24.7 Å². The van der Waals surface area contributed by atoms with E-state index in [1.165, 1.54) is 6.42 Å². The van der Waals surface area contributed by atoms with Crippen molar-refractivity contribution in [2.45, 2.75) is 37.5 Å². The number of hydrogen-bond donors (Lipinski definition) is 2. The molecule has 3 rings (SSSR count). The molecule has 0 aliphatic heterocycles. The van der Waals surface area contributed by atoms with Gasteiger partial charge in [0.2, 0.25) is 0 Å². The van der Waals surface area contributed by atoms with E-state index in [2.05, 4.69) is 0 Å². The fourth-order valence-electron chi connectivity index (χ4n) is 4.17. The van der Waals surface area contributed by atoms with E-state index in [1.807, 2.05) is 48.5 Å². The molecule has 0 heterocycles. The van der Waals surface area contributed by atoms with Gasteiger partial charge in [0, 0.05) is 5.41 Å². The fourth-order valence-corrected chi connectivity index (χ4v) is 4.76. The normalized spacial score (nSPS) is 15.5. The van der Waals surface area contributed by atoms with Crippen molar-refractivity contribution in [3.8, 4) is 11.5 Å². The van der Waals surface area contributed by atoms with E-state index in [0.29, 0.717) is 11.5 Å². The Kier molecular flexibility index (Phi) is 13.1. The molecular formula is C22H30Na2O8S2. The summed E-state index contributed by atoms with van der Waals surface area (Å²) in [7, 11) is -8.12. The molecule has 0 bridgehead atoms. The molecule has 0 spiro atoms. The van der Waals surface area contributed by atoms with Crippen LogP contribution in [0, 0.1) is 0 Å². The molecule has 0 saturated heterocycles. The summed E-state index contributed by atoms with van der Waals surface area (Å²) < 4.78 is 71.8. The van der Waals surface area contributed by atoms with Crippen molar-refractivity contribution in [1.29, 1.82) is 0 Å². The predicted octanol–water partition coefficient (Wildman–Crippen LogP) is 2.17. The summed E-state index contributed by atoms with van der Waals surface area (Å²) in [6.45, 7) is -0.245. The Balaban J connectivity index is 0.00000289. The average molecular weight is 533 g/mol. The van der Waals surface area contributed by atoms with Crippen LogP contribution in [0.5, 0.6) is 11.5 Å². The Morgan fingerprint density at radius 2 is 1.00 bits per heavy atom. The van der Waals surface area contributed by atoms with E-state index < -0.39 is 31.7 Å². The van der Waals surface area contributed by atoms with Crippen LogP contribution in [0.25, 0.3) is 0 Å². The third kappa shape index (κ3) is 9.72. The molecule has 1 aliphatic rings. The van der Waals surface area contributed by atoms with E-state index in [0.717, 1.165) is 36.8 Å². The molecule has 2 aromatic carbocycles. The summed E-state index contributed by atoms with van der Waals surface area (Å²) in [6.07, 6.45) is 5.34. The molecule has 2 N–H and O–H groups in total. The monoisotopic (exact) mass is 532 g/mol. The van der Waals surface area contributed by atoms with Crippen molar-refractivity contribution in [3.05, 3.63) is 59.7 Å². The van der Waals surface area contributed by atoms with Crippen LogP contribution < -0.4 is 9.47 Å². The van der Waals surface area contributed by atoms with Gasteiger partial charge in [-0.3, -0.25) is 9.11 Å². The molecule has 0 amide bonds. The van der Waals surface area contributed by atoms with Gasteiger partial charge in [0.05, 0.1) is 0 Å². The zero-order valence-corrected chi connectivity index (χ0v) is 19.3. The van der Waals surface area contributed by atoms with Gasteiger partial charge >= 0.3 is 59.1 Å². The van der Waals surface area contributed by atoms with Crippen LogP contribution in [-0.4, -0.2) is 110 Å². The Morgan fingerprint density at radius 3 is 1.32 bits per heavy atom. The van der Waals surface area contributed by atoms with Gasteiger partial charge in [0.25, 0.3) is 20.2 Å². The Hall–Kier alpha value is -0.140. The molecule has 0 aromatic heterocycles. The Bertz CT molecular complexity index is 1010. The van der Waals surface area contributed by atoms with Gasteiger partial charge in [-0.1, -0.05) is 43.5 Å². The summed E-state index contributed by atoms with van der Waals surface area (Å²) in [5, 5.41) is 0. The maximum atomic E-state index is 10.8. The molecule has 0 radical (unpaired) electrons. The molecule has 8 nitrogen and oxygen atoms in total. The van der Waals surface area contributed by atoms with Crippen LogP contribution >= 0.6 is 0 Å². The van der Waals surface area contributed by atoms with Crippen molar-refractivity contribution in [1.82, 2.24) is 0 Å². The third-order valence-electron chi connectivity index (χ3n) is 5.74. The molecule has 12 heteroatoms. The molecule has 2 aromatic rings. The second-order valence-electron chi connectivity index (χ2n) is 7.96. The number of benzene rings is 2. The average Bonchev–Trinajstić information content (AvgIpc) is 2.73. The third-order valence-corrected chi connectivity index (χ3v) is 7.11. The molecule has 34 heavy (non-hydrogen) atoms. The van der Waals surface area contributed by atoms with Gasteiger partial charge in [-0.05, 0) is 48.2 Å². The van der Waals surface area contributed by atoms with Crippen molar-refractivity contribution >= 4 is 79.4 Å². The van der Waals surface area contributed by atoms with E-state index in [1.54, 1.807) is 0 Å². The van der Waals surface area contributed by atoms with Crippen molar-refractivity contribution in [2.24, 2.45) is 0 Å². The first-order valence-electron chi connectivity index (χ1n) is 10.4. The van der Waals surface area contributed by atoms with Crippen LogP contribution in [0.3, 0.4) is 0 Å². The molecule has 0 unspecified atom stereocenters. The van der Waals surface area contributed by atoms with Gasteiger partial charge in [-0.15, -0.1) is 0 Å². The first-order chi connectivity index (χ1) is 15.1. The fraction of sp³-hybridized carbons (Fsp3) is 0.455. The summed E-state index contributed by atoms with van der Waals surface area (Å²) in [6, 6.07) is 15.2. The number of ether oxygens (including phenoxy) is 2. The van der Waals surface area contributed by atoms with Crippen LogP contribution in [0.2, 0.25) is 0 Å². The van der Waals surface area contributed by atoms with E-state index in [9.17, 15) is 16.8 Å². The maximum absolute atomic E-state index is 10.8. The topological polar surface area (TPSA) is 127 Å². The molecule has 0 atom stereocenters.